The Hall–Kier alpha value is -6.46. The Labute approximate surface area is 348 Å². The molecule has 285 valence electrons. The van der Waals surface area contributed by atoms with Crippen molar-refractivity contribution in [3.05, 3.63) is 216 Å². The van der Waals surface area contributed by atoms with Crippen molar-refractivity contribution in [3.63, 3.8) is 0 Å². The van der Waals surface area contributed by atoms with Gasteiger partial charge < -0.3 is 14.7 Å². The van der Waals surface area contributed by atoms with Gasteiger partial charge in [-0.15, -0.1) is 0 Å². The predicted molar refractivity (Wildman–Crippen MR) is 245 cm³/mol. The van der Waals surface area contributed by atoms with Crippen LogP contribution < -0.4 is 10.4 Å². The zero-order valence-electron chi connectivity index (χ0n) is 33.9. The second-order valence-corrected chi connectivity index (χ2v) is 16.8. The van der Waals surface area contributed by atoms with E-state index in [0.29, 0.717) is 0 Å². The topological polar surface area (TPSA) is 32.7 Å². The molecule has 8 aromatic rings. The normalized spacial score (nSPS) is 15.0. The average Bonchev–Trinajstić information content (AvgIpc) is 3.74. The fraction of sp³-hybridized carbons (Fsp3) is 0.127. The molecule has 1 spiro atoms. The van der Waals surface area contributed by atoms with Gasteiger partial charge in [0.25, 0.3) is 0 Å². The van der Waals surface area contributed by atoms with E-state index in [1.54, 1.807) is 13.8 Å². The highest BCUT2D eigenvalue weighted by atomic mass is 16.5. The molecule has 1 N–H and O–H groups in total. The van der Waals surface area contributed by atoms with Crippen molar-refractivity contribution in [2.75, 3.05) is 4.90 Å². The third-order valence-electron chi connectivity index (χ3n) is 12.8. The SMILES string of the molecule is CC(C)(O)C(C)(C)O[B]c1cccc2c1-c1ccccc1C21c2ccccc2-c2ccc(N(c3ccc(-c4ccccc4)cc3)c3ccccc3-c3ccccc3)cc21. The summed E-state index contributed by atoms with van der Waals surface area (Å²) in [5, 5.41) is 11.0. The Morgan fingerprint density at radius 2 is 0.983 bits per heavy atom. The fourth-order valence-electron chi connectivity index (χ4n) is 9.19. The van der Waals surface area contributed by atoms with Crippen molar-refractivity contribution in [1.82, 2.24) is 0 Å². The van der Waals surface area contributed by atoms with Crippen molar-refractivity contribution in [2.45, 2.75) is 44.3 Å². The van der Waals surface area contributed by atoms with Crippen molar-refractivity contribution >= 4 is 30.0 Å². The molecular formula is C55H45BNO2. The summed E-state index contributed by atoms with van der Waals surface area (Å²) in [5.74, 6) is 0. The number of para-hydroxylation sites is 1. The number of aliphatic hydroxyl groups is 1. The van der Waals surface area contributed by atoms with Gasteiger partial charge in [0.1, 0.15) is 0 Å². The summed E-state index contributed by atoms with van der Waals surface area (Å²) in [6, 6.07) is 70.4. The third-order valence-corrected chi connectivity index (χ3v) is 12.8. The summed E-state index contributed by atoms with van der Waals surface area (Å²) in [6.45, 7) is 7.46. The zero-order valence-corrected chi connectivity index (χ0v) is 33.9. The Balaban J connectivity index is 1.20. The van der Waals surface area contributed by atoms with Crippen LogP contribution in [0.5, 0.6) is 0 Å². The van der Waals surface area contributed by atoms with Crippen LogP contribution in [0.15, 0.2) is 194 Å². The van der Waals surface area contributed by atoms with Gasteiger partial charge in [0.15, 0.2) is 0 Å². The van der Waals surface area contributed by atoms with E-state index in [2.05, 4.69) is 199 Å². The number of rotatable bonds is 9. The molecule has 0 aliphatic heterocycles. The molecule has 0 fully saturated rings. The predicted octanol–water partition coefficient (Wildman–Crippen LogP) is 12.6. The Morgan fingerprint density at radius 3 is 1.68 bits per heavy atom. The van der Waals surface area contributed by atoms with Gasteiger partial charge in [0.2, 0.25) is 0 Å². The molecule has 0 saturated heterocycles. The molecule has 0 heterocycles. The molecule has 1 unspecified atom stereocenters. The molecule has 10 rings (SSSR count). The number of hydrogen-bond donors (Lipinski definition) is 1. The maximum absolute atomic E-state index is 11.0. The summed E-state index contributed by atoms with van der Waals surface area (Å²) < 4.78 is 6.46. The molecule has 4 heteroatoms. The largest absolute Gasteiger partial charge is 0.427 e. The van der Waals surface area contributed by atoms with E-state index in [0.717, 1.165) is 39.2 Å². The monoisotopic (exact) mass is 762 g/mol. The zero-order chi connectivity index (χ0) is 40.4. The van der Waals surface area contributed by atoms with Crippen LogP contribution in [0.25, 0.3) is 44.5 Å². The van der Waals surface area contributed by atoms with Gasteiger partial charge in [-0.25, -0.2) is 0 Å². The first-order valence-electron chi connectivity index (χ1n) is 20.5. The second-order valence-electron chi connectivity index (χ2n) is 16.8. The minimum absolute atomic E-state index is 0.578. The quantitative estimate of drug-likeness (QED) is 0.149. The highest BCUT2D eigenvalue weighted by Gasteiger charge is 2.52. The first-order chi connectivity index (χ1) is 28.7. The molecule has 1 radical (unpaired) electrons. The maximum atomic E-state index is 11.0. The lowest BCUT2D eigenvalue weighted by Gasteiger charge is -2.37. The second kappa shape index (κ2) is 14.1. The van der Waals surface area contributed by atoms with E-state index < -0.39 is 16.6 Å². The molecule has 8 aromatic carbocycles. The van der Waals surface area contributed by atoms with Gasteiger partial charge in [-0.1, -0.05) is 164 Å². The van der Waals surface area contributed by atoms with Crippen LogP contribution in [0.4, 0.5) is 17.1 Å². The van der Waals surface area contributed by atoms with Crippen LogP contribution in [-0.2, 0) is 10.1 Å². The summed E-state index contributed by atoms with van der Waals surface area (Å²) in [5.41, 5.74) is 16.3. The molecule has 0 amide bonds. The van der Waals surface area contributed by atoms with Crippen molar-refractivity contribution in [1.29, 1.82) is 0 Å². The lowest BCUT2D eigenvalue weighted by molar-refractivity contribution is -0.0893. The Kier molecular flexibility index (Phi) is 8.83. The Bertz CT molecular complexity index is 2840. The Morgan fingerprint density at radius 1 is 0.458 bits per heavy atom. The standard InChI is InChI=1S/C55H45BNO2/c1-53(2,58)54(3,4)59-56-50-28-17-27-48-52(50)45-24-12-15-26-47(45)55(48)46-25-14-11-23-43(46)44-35-34-41(36-49(44)55)57(40-32-30-38(31-33-40)37-18-7-5-8-19-37)51-29-16-13-22-42(51)39-20-9-6-10-21-39/h5-36,58H,1-4H3. The first kappa shape index (κ1) is 36.9. The van der Waals surface area contributed by atoms with Gasteiger partial charge in [0.05, 0.1) is 22.3 Å². The molecule has 1 atom stereocenters. The minimum Gasteiger partial charge on any atom is -0.427 e. The van der Waals surface area contributed by atoms with Crippen molar-refractivity contribution in [2.24, 2.45) is 0 Å². The van der Waals surface area contributed by atoms with Gasteiger partial charge >= 0.3 is 7.48 Å². The fourth-order valence-corrected chi connectivity index (χ4v) is 9.19. The number of benzene rings is 8. The van der Waals surface area contributed by atoms with E-state index in [1.165, 1.54) is 50.1 Å². The number of hydrogen-bond acceptors (Lipinski definition) is 3. The van der Waals surface area contributed by atoms with E-state index in [1.807, 2.05) is 21.3 Å². The van der Waals surface area contributed by atoms with Gasteiger partial charge in [-0.05, 0) is 125 Å². The number of nitrogens with zero attached hydrogens (tertiary/aromatic N) is 1. The maximum Gasteiger partial charge on any atom is 0.331 e. The molecule has 2 aliphatic rings. The summed E-state index contributed by atoms with van der Waals surface area (Å²) >= 11 is 0. The molecule has 0 saturated carbocycles. The highest BCUT2D eigenvalue weighted by molar-refractivity contribution is 6.50. The molecule has 0 bridgehead atoms. The summed E-state index contributed by atoms with van der Waals surface area (Å²) in [4.78, 5) is 2.42. The van der Waals surface area contributed by atoms with Gasteiger partial charge in [0, 0.05) is 16.9 Å². The lowest BCUT2D eigenvalue weighted by atomic mass is 9.69. The van der Waals surface area contributed by atoms with Crippen molar-refractivity contribution < 1.29 is 9.76 Å². The van der Waals surface area contributed by atoms with E-state index in [-0.39, 0.29) is 0 Å². The van der Waals surface area contributed by atoms with Crippen LogP contribution in [-0.4, -0.2) is 23.8 Å². The average molecular weight is 763 g/mol. The van der Waals surface area contributed by atoms with Crippen LogP contribution in [0.2, 0.25) is 0 Å². The first-order valence-corrected chi connectivity index (χ1v) is 20.5. The van der Waals surface area contributed by atoms with E-state index in [4.69, 9.17) is 4.65 Å². The lowest BCUT2D eigenvalue weighted by Crippen LogP contribution is -2.49. The van der Waals surface area contributed by atoms with E-state index >= 15 is 0 Å². The number of fused-ring (bicyclic) bond motifs is 10. The van der Waals surface area contributed by atoms with Gasteiger partial charge in [-0.2, -0.15) is 0 Å². The molecule has 59 heavy (non-hydrogen) atoms. The highest BCUT2D eigenvalue weighted by Crippen LogP contribution is 2.63. The van der Waals surface area contributed by atoms with Crippen LogP contribution in [0.1, 0.15) is 49.9 Å². The summed E-state index contributed by atoms with van der Waals surface area (Å²) in [7, 11) is 1.85. The van der Waals surface area contributed by atoms with E-state index in [9.17, 15) is 5.11 Å². The van der Waals surface area contributed by atoms with Crippen LogP contribution >= 0.6 is 0 Å². The summed E-state index contributed by atoms with van der Waals surface area (Å²) in [6.07, 6.45) is 0. The van der Waals surface area contributed by atoms with Crippen LogP contribution in [0.3, 0.4) is 0 Å². The number of anilines is 3. The molecule has 3 nitrogen and oxygen atoms in total. The van der Waals surface area contributed by atoms with Crippen molar-refractivity contribution in [3.8, 4) is 44.5 Å². The molecule has 2 aliphatic carbocycles. The molecule has 0 aromatic heterocycles. The minimum atomic E-state index is -1.05. The van der Waals surface area contributed by atoms with Gasteiger partial charge in [-0.3, -0.25) is 0 Å². The smallest absolute Gasteiger partial charge is 0.331 e. The third kappa shape index (κ3) is 5.89. The van der Waals surface area contributed by atoms with Crippen LogP contribution in [0, 0.1) is 0 Å². The molecular weight excluding hydrogens is 717 g/mol.